The molecule has 1 rings (SSSR count). The molecule has 0 saturated heterocycles. The largest absolute Gasteiger partial charge is 0.463 e. The van der Waals surface area contributed by atoms with Crippen LogP contribution in [0, 0.1) is 0 Å². The van der Waals surface area contributed by atoms with Crippen molar-refractivity contribution >= 4 is 40.8 Å². The van der Waals surface area contributed by atoms with Crippen LogP contribution in [-0.2, 0) is 9.53 Å². The molecule has 4 nitrogen and oxygen atoms in total. The molecule has 0 aliphatic carbocycles. The number of rotatable bonds is 6. The Morgan fingerprint density at radius 1 is 1.50 bits per heavy atom. The summed E-state index contributed by atoms with van der Waals surface area (Å²) in [6.07, 6.45) is 5.17. The Balaban J connectivity index is 2.27. The Bertz CT molecular complexity index is 365. The van der Waals surface area contributed by atoms with E-state index in [-0.39, 0.29) is 5.97 Å². The molecular formula is C9H12N2O2S3. The van der Waals surface area contributed by atoms with Crippen LogP contribution in [0.4, 0.5) is 0 Å². The molecule has 0 fully saturated rings. The average Bonchev–Trinajstić information content (AvgIpc) is 2.73. The summed E-state index contributed by atoms with van der Waals surface area (Å²) in [5.74, 6) is 0.395. The van der Waals surface area contributed by atoms with E-state index in [0.29, 0.717) is 12.4 Å². The average molecular weight is 276 g/mol. The molecule has 0 bridgehead atoms. The van der Waals surface area contributed by atoms with Crippen LogP contribution in [-0.4, -0.2) is 34.8 Å². The SMILES string of the molecule is CCOC(=O)/C=C/CSc1nnc(SC)s1. The zero-order valence-corrected chi connectivity index (χ0v) is 11.5. The predicted octanol–water partition coefficient (Wildman–Crippen LogP) is 2.47. The summed E-state index contributed by atoms with van der Waals surface area (Å²) >= 11 is 4.69. The van der Waals surface area contributed by atoms with Gasteiger partial charge in [-0.15, -0.1) is 10.2 Å². The van der Waals surface area contributed by atoms with Crippen molar-refractivity contribution in [1.82, 2.24) is 10.2 Å². The van der Waals surface area contributed by atoms with Gasteiger partial charge in [0.15, 0.2) is 8.68 Å². The highest BCUT2D eigenvalue weighted by atomic mass is 32.2. The maximum Gasteiger partial charge on any atom is 0.330 e. The van der Waals surface area contributed by atoms with Crippen LogP contribution in [0.3, 0.4) is 0 Å². The van der Waals surface area contributed by atoms with Crippen molar-refractivity contribution in [2.24, 2.45) is 0 Å². The quantitative estimate of drug-likeness (QED) is 0.452. The normalized spacial score (nSPS) is 10.9. The molecule has 1 aromatic rings. The zero-order chi connectivity index (χ0) is 11.8. The summed E-state index contributed by atoms with van der Waals surface area (Å²) in [5, 5.41) is 7.97. The second-order valence-electron chi connectivity index (χ2n) is 2.50. The standard InChI is InChI=1S/C9H12N2O2S3/c1-3-13-7(12)5-4-6-15-9-11-10-8(14-2)16-9/h4-5H,3,6H2,1-2H3/b5-4+. The van der Waals surface area contributed by atoms with Crippen molar-refractivity contribution in [2.75, 3.05) is 18.6 Å². The number of hydrogen-bond acceptors (Lipinski definition) is 7. The first kappa shape index (κ1) is 13.5. The molecule has 0 spiro atoms. The number of aromatic nitrogens is 2. The van der Waals surface area contributed by atoms with Gasteiger partial charge in [0, 0.05) is 11.8 Å². The fraction of sp³-hybridized carbons (Fsp3) is 0.444. The number of nitrogens with zero attached hydrogens (tertiary/aromatic N) is 2. The Hall–Kier alpha value is -0.530. The molecule has 0 amide bonds. The molecule has 0 N–H and O–H groups in total. The van der Waals surface area contributed by atoms with E-state index in [1.165, 1.54) is 6.08 Å². The minimum Gasteiger partial charge on any atom is -0.463 e. The van der Waals surface area contributed by atoms with E-state index in [4.69, 9.17) is 4.74 Å². The number of thioether (sulfide) groups is 2. The lowest BCUT2D eigenvalue weighted by Crippen LogP contribution is -1.98. The lowest BCUT2D eigenvalue weighted by atomic mass is 10.5. The molecule has 0 aliphatic rings. The van der Waals surface area contributed by atoms with Crippen LogP contribution in [0.5, 0.6) is 0 Å². The minimum absolute atomic E-state index is 0.301. The van der Waals surface area contributed by atoms with Crippen molar-refractivity contribution in [2.45, 2.75) is 15.6 Å². The van der Waals surface area contributed by atoms with Gasteiger partial charge in [0.2, 0.25) is 0 Å². The van der Waals surface area contributed by atoms with Crippen molar-refractivity contribution in [1.29, 1.82) is 0 Å². The molecule has 0 saturated carbocycles. The van der Waals surface area contributed by atoms with Crippen LogP contribution in [0.1, 0.15) is 6.92 Å². The van der Waals surface area contributed by atoms with E-state index < -0.39 is 0 Å². The third-order valence-electron chi connectivity index (χ3n) is 1.41. The third kappa shape index (κ3) is 5.00. The Kier molecular flexibility index (Phi) is 6.51. The van der Waals surface area contributed by atoms with Gasteiger partial charge < -0.3 is 4.74 Å². The van der Waals surface area contributed by atoms with Crippen molar-refractivity contribution in [3.63, 3.8) is 0 Å². The fourth-order valence-corrected chi connectivity index (χ4v) is 3.07. The molecule has 0 atom stereocenters. The minimum atomic E-state index is -0.301. The first-order valence-electron chi connectivity index (χ1n) is 4.59. The zero-order valence-electron chi connectivity index (χ0n) is 9.00. The summed E-state index contributed by atoms with van der Waals surface area (Å²) in [4.78, 5) is 11.0. The molecule has 0 aromatic carbocycles. The third-order valence-corrected chi connectivity index (χ3v) is 4.39. The molecule has 0 radical (unpaired) electrons. The molecule has 88 valence electrons. The van der Waals surface area contributed by atoms with E-state index >= 15 is 0 Å². The summed E-state index contributed by atoms with van der Waals surface area (Å²) in [5.41, 5.74) is 0. The van der Waals surface area contributed by atoms with E-state index in [9.17, 15) is 4.79 Å². The van der Waals surface area contributed by atoms with Gasteiger partial charge in [-0.2, -0.15) is 0 Å². The van der Waals surface area contributed by atoms with E-state index in [1.54, 1.807) is 47.9 Å². The van der Waals surface area contributed by atoms with E-state index in [2.05, 4.69) is 10.2 Å². The van der Waals surface area contributed by atoms with Gasteiger partial charge in [-0.25, -0.2) is 4.79 Å². The molecule has 1 aromatic heterocycles. The van der Waals surface area contributed by atoms with E-state index in [1.807, 2.05) is 6.26 Å². The Morgan fingerprint density at radius 3 is 2.88 bits per heavy atom. The number of carbonyl (C=O) groups excluding carboxylic acids is 1. The van der Waals surface area contributed by atoms with Crippen LogP contribution in [0.15, 0.2) is 20.8 Å². The topological polar surface area (TPSA) is 52.1 Å². The van der Waals surface area contributed by atoms with Gasteiger partial charge >= 0.3 is 5.97 Å². The second-order valence-corrected chi connectivity index (χ2v) is 5.80. The second kappa shape index (κ2) is 7.70. The van der Waals surface area contributed by atoms with Gasteiger partial charge in [0.1, 0.15) is 0 Å². The van der Waals surface area contributed by atoms with E-state index in [0.717, 1.165) is 8.68 Å². The summed E-state index contributed by atoms with van der Waals surface area (Å²) in [6, 6.07) is 0. The summed E-state index contributed by atoms with van der Waals surface area (Å²) < 4.78 is 6.62. The highest BCUT2D eigenvalue weighted by molar-refractivity contribution is 8.03. The molecular weight excluding hydrogens is 264 g/mol. The molecule has 0 aliphatic heterocycles. The van der Waals surface area contributed by atoms with Crippen LogP contribution >= 0.6 is 34.9 Å². The number of hydrogen-bond donors (Lipinski definition) is 0. The van der Waals surface area contributed by atoms with Crippen molar-refractivity contribution in [3.8, 4) is 0 Å². The molecule has 1 heterocycles. The Morgan fingerprint density at radius 2 is 2.25 bits per heavy atom. The highest BCUT2D eigenvalue weighted by Gasteiger charge is 2.02. The van der Waals surface area contributed by atoms with Gasteiger partial charge in [-0.05, 0) is 13.2 Å². The number of esters is 1. The lowest BCUT2D eigenvalue weighted by Gasteiger charge is -1.93. The van der Waals surface area contributed by atoms with Crippen LogP contribution in [0.2, 0.25) is 0 Å². The Labute approximate surface area is 107 Å². The first-order chi connectivity index (χ1) is 7.76. The first-order valence-corrected chi connectivity index (χ1v) is 7.62. The number of carbonyl (C=O) groups is 1. The molecule has 0 unspecified atom stereocenters. The van der Waals surface area contributed by atoms with Crippen LogP contribution in [0.25, 0.3) is 0 Å². The maximum absolute atomic E-state index is 11.0. The maximum atomic E-state index is 11.0. The highest BCUT2D eigenvalue weighted by Crippen LogP contribution is 2.27. The fourth-order valence-electron chi connectivity index (χ4n) is 0.792. The molecule has 16 heavy (non-hydrogen) atoms. The van der Waals surface area contributed by atoms with Gasteiger partial charge in [0.25, 0.3) is 0 Å². The lowest BCUT2D eigenvalue weighted by molar-refractivity contribution is -0.137. The summed E-state index contributed by atoms with van der Waals surface area (Å²) in [6.45, 7) is 2.19. The predicted molar refractivity (Wildman–Crippen MR) is 68.2 cm³/mol. The molecule has 7 heteroatoms. The van der Waals surface area contributed by atoms with Gasteiger partial charge in [0.05, 0.1) is 6.61 Å². The monoisotopic (exact) mass is 276 g/mol. The smallest absolute Gasteiger partial charge is 0.330 e. The summed E-state index contributed by atoms with van der Waals surface area (Å²) in [7, 11) is 0. The number of ether oxygens (including phenoxy) is 1. The van der Waals surface area contributed by atoms with Gasteiger partial charge in [-0.1, -0.05) is 40.9 Å². The van der Waals surface area contributed by atoms with Crippen LogP contribution < -0.4 is 0 Å². The van der Waals surface area contributed by atoms with Crippen molar-refractivity contribution < 1.29 is 9.53 Å². The van der Waals surface area contributed by atoms with Crippen molar-refractivity contribution in [3.05, 3.63) is 12.2 Å². The van der Waals surface area contributed by atoms with Gasteiger partial charge in [-0.3, -0.25) is 0 Å².